The molecular formula is C10H9ClO5. The number of carbonyl (C=O) groups is 2. The van der Waals surface area contributed by atoms with Gasteiger partial charge < -0.3 is 14.6 Å². The van der Waals surface area contributed by atoms with E-state index in [1.165, 1.54) is 12.1 Å². The Morgan fingerprint density at radius 2 is 1.50 bits per heavy atom. The van der Waals surface area contributed by atoms with Crippen molar-refractivity contribution in [3.8, 4) is 5.75 Å². The molecule has 0 radical (unpaired) electrons. The molecular weight excluding hydrogens is 236 g/mol. The van der Waals surface area contributed by atoms with E-state index in [0.717, 1.165) is 14.2 Å². The molecule has 0 fully saturated rings. The van der Waals surface area contributed by atoms with E-state index in [4.69, 9.17) is 11.6 Å². The van der Waals surface area contributed by atoms with Crippen molar-refractivity contribution in [2.24, 2.45) is 0 Å². The molecule has 16 heavy (non-hydrogen) atoms. The number of phenolic OH excluding ortho intramolecular Hbond substituents is 1. The van der Waals surface area contributed by atoms with Crippen molar-refractivity contribution in [1.82, 2.24) is 0 Å². The Balaban J connectivity index is 3.37. The van der Waals surface area contributed by atoms with Crippen molar-refractivity contribution in [1.29, 1.82) is 0 Å². The Labute approximate surface area is 96.5 Å². The molecule has 0 spiro atoms. The molecule has 0 heterocycles. The first-order valence-electron chi connectivity index (χ1n) is 4.20. The van der Waals surface area contributed by atoms with E-state index in [1.807, 2.05) is 0 Å². The lowest BCUT2D eigenvalue weighted by molar-refractivity contribution is 0.0592. The van der Waals surface area contributed by atoms with Crippen LogP contribution in [0, 0.1) is 0 Å². The van der Waals surface area contributed by atoms with E-state index in [2.05, 4.69) is 9.47 Å². The summed E-state index contributed by atoms with van der Waals surface area (Å²) in [4.78, 5) is 22.5. The van der Waals surface area contributed by atoms with E-state index in [0.29, 0.717) is 0 Å². The smallest absolute Gasteiger partial charge is 0.341 e. The number of hydrogen-bond donors (Lipinski definition) is 1. The van der Waals surface area contributed by atoms with E-state index in [-0.39, 0.29) is 16.1 Å². The first-order chi connectivity index (χ1) is 7.51. The number of methoxy groups -OCH3 is 2. The number of aromatic hydroxyl groups is 1. The summed E-state index contributed by atoms with van der Waals surface area (Å²) in [7, 11) is 2.31. The second-order valence-electron chi connectivity index (χ2n) is 2.83. The van der Waals surface area contributed by atoms with Crippen LogP contribution in [-0.2, 0) is 9.47 Å². The summed E-state index contributed by atoms with van der Waals surface area (Å²) < 4.78 is 8.86. The molecule has 1 N–H and O–H groups in total. The number of benzene rings is 1. The molecule has 0 unspecified atom stereocenters. The van der Waals surface area contributed by atoms with E-state index in [9.17, 15) is 14.7 Å². The van der Waals surface area contributed by atoms with Crippen LogP contribution in [0.2, 0.25) is 5.02 Å². The lowest BCUT2D eigenvalue weighted by Gasteiger charge is -2.07. The maximum Gasteiger partial charge on any atom is 0.341 e. The highest BCUT2D eigenvalue weighted by atomic mass is 35.5. The predicted molar refractivity (Wildman–Crippen MR) is 55.8 cm³/mol. The fourth-order valence-corrected chi connectivity index (χ4v) is 1.35. The molecule has 0 aliphatic heterocycles. The van der Waals surface area contributed by atoms with Crippen molar-refractivity contribution in [3.63, 3.8) is 0 Å². The van der Waals surface area contributed by atoms with Gasteiger partial charge in [-0.2, -0.15) is 0 Å². The minimum absolute atomic E-state index is 0.124. The summed E-state index contributed by atoms with van der Waals surface area (Å²) in [5.41, 5.74) is -0.370. The van der Waals surface area contributed by atoms with Gasteiger partial charge in [-0.15, -0.1) is 0 Å². The van der Waals surface area contributed by atoms with Gasteiger partial charge in [0, 0.05) is 5.02 Å². The quantitative estimate of drug-likeness (QED) is 0.801. The predicted octanol–water partition coefficient (Wildman–Crippen LogP) is 1.62. The summed E-state index contributed by atoms with van der Waals surface area (Å²) in [5.74, 6) is -2.08. The zero-order valence-corrected chi connectivity index (χ0v) is 9.37. The zero-order chi connectivity index (χ0) is 12.3. The van der Waals surface area contributed by atoms with Gasteiger partial charge in [0.15, 0.2) is 0 Å². The van der Waals surface area contributed by atoms with Crippen molar-refractivity contribution in [3.05, 3.63) is 28.3 Å². The lowest BCUT2D eigenvalue weighted by atomic mass is 10.1. The van der Waals surface area contributed by atoms with Gasteiger partial charge in [-0.05, 0) is 12.1 Å². The molecule has 0 atom stereocenters. The third-order valence-electron chi connectivity index (χ3n) is 1.89. The highest BCUT2D eigenvalue weighted by Gasteiger charge is 2.21. The Kier molecular flexibility index (Phi) is 3.73. The molecule has 0 saturated heterocycles. The third-order valence-corrected chi connectivity index (χ3v) is 2.10. The highest BCUT2D eigenvalue weighted by molar-refractivity contribution is 6.31. The zero-order valence-electron chi connectivity index (χ0n) is 8.61. The molecule has 6 heteroatoms. The molecule has 0 amide bonds. The first kappa shape index (κ1) is 12.3. The third kappa shape index (κ3) is 2.25. The number of halogens is 1. The summed E-state index contributed by atoms with van der Waals surface area (Å²) in [5, 5.41) is 9.78. The lowest BCUT2D eigenvalue weighted by Crippen LogP contribution is -2.07. The molecule has 0 aliphatic carbocycles. The normalized spacial score (nSPS) is 9.69. The van der Waals surface area contributed by atoms with Crippen molar-refractivity contribution in [2.45, 2.75) is 0 Å². The summed E-state index contributed by atoms with van der Waals surface area (Å²) in [6.45, 7) is 0. The molecule has 1 aromatic rings. The van der Waals surface area contributed by atoms with Crippen LogP contribution in [0.5, 0.6) is 5.75 Å². The Bertz CT molecular complexity index is 404. The van der Waals surface area contributed by atoms with Crippen molar-refractivity contribution in [2.75, 3.05) is 14.2 Å². The van der Waals surface area contributed by atoms with Gasteiger partial charge in [0.2, 0.25) is 0 Å². The average molecular weight is 245 g/mol. The van der Waals surface area contributed by atoms with Gasteiger partial charge in [0.05, 0.1) is 14.2 Å². The Hall–Kier alpha value is -1.75. The van der Waals surface area contributed by atoms with Gasteiger partial charge in [0.25, 0.3) is 0 Å². The first-order valence-corrected chi connectivity index (χ1v) is 4.58. The van der Waals surface area contributed by atoms with Crippen LogP contribution in [0.15, 0.2) is 12.1 Å². The minimum Gasteiger partial charge on any atom is -0.506 e. The van der Waals surface area contributed by atoms with Crippen LogP contribution in [-0.4, -0.2) is 31.3 Å². The van der Waals surface area contributed by atoms with Gasteiger partial charge in [-0.1, -0.05) is 11.6 Å². The van der Waals surface area contributed by atoms with Crippen molar-refractivity contribution >= 4 is 23.5 Å². The number of hydrogen-bond acceptors (Lipinski definition) is 5. The number of carbonyl (C=O) groups excluding carboxylic acids is 2. The number of phenols is 1. The largest absolute Gasteiger partial charge is 0.506 e. The maximum absolute atomic E-state index is 11.3. The maximum atomic E-state index is 11.3. The van der Waals surface area contributed by atoms with Crippen LogP contribution < -0.4 is 0 Å². The van der Waals surface area contributed by atoms with Crippen LogP contribution in [0.1, 0.15) is 20.7 Å². The van der Waals surface area contributed by atoms with Gasteiger partial charge >= 0.3 is 11.9 Å². The van der Waals surface area contributed by atoms with E-state index < -0.39 is 17.7 Å². The summed E-state index contributed by atoms with van der Waals surface area (Å²) in [6.07, 6.45) is 0. The standard InChI is InChI=1S/C10H9ClO5/c1-15-9(13)6-3-5(11)4-7(8(6)12)10(14)16-2/h3-4,12H,1-2H3. The number of esters is 2. The molecule has 0 aliphatic rings. The van der Waals surface area contributed by atoms with Crippen LogP contribution in [0.3, 0.4) is 0 Å². The molecule has 1 rings (SSSR count). The van der Waals surface area contributed by atoms with Crippen LogP contribution >= 0.6 is 11.6 Å². The second-order valence-corrected chi connectivity index (χ2v) is 3.27. The van der Waals surface area contributed by atoms with E-state index >= 15 is 0 Å². The van der Waals surface area contributed by atoms with Crippen LogP contribution in [0.25, 0.3) is 0 Å². The summed E-state index contributed by atoms with van der Waals surface area (Å²) in [6, 6.07) is 2.41. The Morgan fingerprint density at radius 3 is 1.81 bits per heavy atom. The second kappa shape index (κ2) is 4.85. The van der Waals surface area contributed by atoms with Gasteiger partial charge in [-0.25, -0.2) is 9.59 Å². The van der Waals surface area contributed by atoms with E-state index in [1.54, 1.807) is 0 Å². The number of rotatable bonds is 2. The average Bonchev–Trinajstić information content (AvgIpc) is 2.29. The Morgan fingerprint density at radius 1 is 1.12 bits per heavy atom. The molecule has 1 aromatic carbocycles. The monoisotopic (exact) mass is 244 g/mol. The topological polar surface area (TPSA) is 72.8 Å². The fraction of sp³-hybridized carbons (Fsp3) is 0.200. The molecule has 5 nitrogen and oxygen atoms in total. The molecule has 86 valence electrons. The van der Waals surface area contributed by atoms with Crippen molar-refractivity contribution < 1.29 is 24.2 Å². The van der Waals surface area contributed by atoms with Crippen LogP contribution in [0.4, 0.5) is 0 Å². The SMILES string of the molecule is COC(=O)c1cc(Cl)cc(C(=O)OC)c1O. The molecule has 0 saturated carbocycles. The molecule has 0 bridgehead atoms. The fourth-order valence-electron chi connectivity index (χ4n) is 1.13. The van der Waals surface area contributed by atoms with Gasteiger partial charge in [0.1, 0.15) is 16.9 Å². The van der Waals surface area contributed by atoms with Gasteiger partial charge in [-0.3, -0.25) is 0 Å². The summed E-state index contributed by atoms with van der Waals surface area (Å²) >= 11 is 5.70. The highest BCUT2D eigenvalue weighted by Crippen LogP contribution is 2.28. The molecule has 0 aromatic heterocycles. The number of ether oxygens (including phenoxy) is 2. The minimum atomic E-state index is -0.787.